The molecule has 0 saturated carbocycles. The zero-order valence-electron chi connectivity index (χ0n) is 8.50. The molecule has 3 heteroatoms. The lowest BCUT2D eigenvalue weighted by Gasteiger charge is -2.18. The van der Waals surface area contributed by atoms with E-state index in [0.717, 1.165) is 5.56 Å². The standard InChI is InChI=1S/C11H16FNO/c1-3-10(14)11(13)8-6-7(2)4-5-9(8)12/h4-6,10-11,14H,3,13H2,1-2H3/t10-,11+/m0/s1. The Hall–Kier alpha value is -0.930. The number of benzene rings is 1. The maximum absolute atomic E-state index is 13.3. The van der Waals surface area contributed by atoms with Crippen LogP contribution in [-0.2, 0) is 0 Å². The van der Waals surface area contributed by atoms with Crippen molar-refractivity contribution in [2.75, 3.05) is 0 Å². The minimum atomic E-state index is -0.689. The predicted octanol–water partition coefficient (Wildman–Crippen LogP) is 1.90. The average molecular weight is 197 g/mol. The molecule has 0 amide bonds. The van der Waals surface area contributed by atoms with E-state index in [-0.39, 0.29) is 5.82 Å². The molecule has 0 unspecified atom stereocenters. The van der Waals surface area contributed by atoms with Gasteiger partial charge in [-0.1, -0.05) is 24.6 Å². The van der Waals surface area contributed by atoms with Gasteiger partial charge in [0.1, 0.15) is 5.82 Å². The van der Waals surface area contributed by atoms with Gasteiger partial charge < -0.3 is 10.8 Å². The monoisotopic (exact) mass is 197 g/mol. The molecule has 0 aliphatic rings. The molecular weight excluding hydrogens is 181 g/mol. The minimum absolute atomic E-state index is 0.351. The minimum Gasteiger partial charge on any atom is -0.391 e. The van der Waals surface area contributed by atoms with E-state index in [1.54, 1.807) is 12.1 Å². The zero-order chi connectivity index (χ0) is 10.7. The number of aliphatic hydroxyl groups excluding tert-OH is 1. The topological polar surface area (TPSA) is 46.2 Å². The van der Waals surface area contributed by atoms with Crippen LogP contribution < -0.4 is 5.73 Å². The highest BCUT2D eigenvalue weighted by Crippen LogP contribution is 2.20. The van der Waals surface area contributed by atoms with Gasteiger partial charge in [0, 0.05) is 5.56 Å². The van der Waals surface area contributed by atoms with E-state index in [4.69, 9.17) is 5.73 Å². The molecule has 1 aromatic carbocycles. The van der Waals surface area contributed by atoms with Gasteiger partial charge in [-0.3, -0.25) is 0 Å². The lowest BCUT2D eigenvalue weighted by molar-refractivity contribution is 0.139. The van der Waals surface area contributed by atoms with Crippen LogP contribution in [0.3, 0.4) is 0 Å². The SMILES string of the molecule is CC[C@H](O)[C@H](N)c1cc(C)ccc1F. The van der Waals surface area contributed by atoms with Crippen molar-refractivity contribution in [2.24, 2.45) is 5.73 Å². The smallest absolute Gasteiger partial charge is 0.128 e. The predicted molar refractivity (Wildman–Crippen MR) is 54.4 cm³/mol. The van der Waals surface area contributed by atoms with Gasteiger partial charge >= 0.3 is 0 Å². The molecule has 0 aliphatic carbocycles. The molecule has 0 heterocycles. The molecule has 78 valence electrons. The van der Waals surface area contributed by atoms with Gasteiger partial charge in [0.05, 0.1) is 12.1 Å². The summed E-state index contributed by atoms with van der Waals surface area (Å²) in [5.41, 5.74) is 7.06. The lowest BCUT2D eigenvalue weighted by Crippen LogP contribution is -2.26. The van der Waals surface area contributed by atoms with E-state index < -0.39 is 12.1 Å². The van der Waals surface area contributed by atoms with Crippen LogP contribution in [0.5, 0.6) is 0 Å². The molecule has 0 bridgehead atoms. The Balaban J connectivity index is 2.99. The fourth-order valence-corrected chi connectivity index (χ4v) is 1.38. The highest BCUT2D eigenvalue weighted by atomic mass is 19.1. The largest absolute Gasteiger partial charge is 0.391 e. The van der Waals surface area contributed by atoms with Crippen LogP contribution in [0.1, 0.15) is 30.5 Å². The number of nitrogens with two attached hydrogens (primary N) is 1. The summed E-state index contributed by atoms with van der Waals surface area (Å²) in [5, 5.41) is 9.50. The van der Waals surface area contributed by atoms with Crippen molar-refractivity contribution >= 4 is 0 Å². The summed E-state index contributed by atoms with van der Waals surface area (Å²) in [5.74, 6) is -0.351. The van der Waals surface area contributed by atoms with E-state index >= 15 is 0 Å². The first kappa shape index (κ1) is 11.1. The molecule has 3 N–H and O–H groups in total. The summed E-state index contributed by atoms with van der Waals surface area (Å²) < 4.78 is 13.3. The molecule has 0 aliphatic heterocycles. The van der Waals surface area contributed by atoms with Crippen LogP contribution >= 0.6 is 0 Å². The van der Waals surface area contributed by atoms with Crippen LogP contribution in [0, 0.1) is 12.7 Å². The van der Waals surface area contributed by atoms with Gasteiger partial charge in [0.15, 0.2) is 0 Å². The zero-order valence-corrected chi connectivity index (χ0v) is 8.50. The maximum Gasteiger partial charge on any atom is 0.128 e. The van der Waals surface area contributed by atoms with E-state index in [1.807, 2.05) is 13.8 Å². The van der Waals surface area contributed by atoms with Gasteiger partial charge in [0.2, 0.25) is 0 Å². The van der Waals surface area contributed by atoms with Crippen LogP contribution in [0.4, 0.5) is 4.39 Å². The van der Waals surface area contributed by atoms with E-state index in [2.05, 4.69) is 0 Å². The summed E-state index contributed by atoms with van der Waals surface area (Å²) in [6.07, 6.45) is -0.166. The molecule has 14 heavy (non-hydrogen) atoms. The first-order valence-corrected chi connectivity index (χ1v) is 4.76. The first-order valence-electron chi connectivity index (χ1n) is 4.76. The third kappa shape index (κ3) is 2.30. The quantitative estimate of drug-likeness (QED) is 0.777. The van der Waals surface area contributed by atoms with Crippen molar-refractivity contribution in [3.8, 4) is 0 Å². The summed E-state index contributed by atoms with van der Waals surface area (Å²) in [4.78, 5) is 0. The summed E-state index contributed by atoms with van der Waals surface area (Å²) >= 11 is 0. The third-order valence-electron chi connectivity index (χ3n) is 2.34. The summed E-state index contributed by atoms with van der Waals surface area (Å²) in [7, 11) is 0. The normalized spacial score (nSPS) is 15.2. The molecule has 0 fully saturated rings. The number of hydrogen-bond donors (Lipinski definition) is 2. The highest BCUT2D eigenvalue weighted by Gasteiger charge is 2.18. The Morgan fingerprint density at radius 1 is 1.50 bits per heavy atom. The molecule has 0 radical (unpaired) electrons. The molecular formula is C11H16FNO. The van der Waals surface area contributed by atoms with Gasteiger partial charge in [-0.2, -0.15) is 0 Å². The molecule has 0 saturated heterocycles. The second-order valence-electron chi connectivity index (χ2n) is 3.53. The van der Waals surface area contributed by atoms with Crippen LogP contribution in [0.2, 0.25) is 0 Å². The number of halogens is 1. The Kier molecular flexibility index (Phi) is 3.61. The van der Waals surface area contributed by atoms with Crippen molar-refractivity contribution in [1.29, 1.82) is 0 Å². The lowest BCUT2D eigenvalue weighted by atomic mass is 9.98. The third-order valence-corrected chi connectivity index (χ3v) is 2.34. The fraction of sp³-hybridized carbons (Fsp3) is 0.455. The molecule has 1 rings (SSSR count). The number of aryl methyl sites for hydroxylation is 1. The van der Waals surface area contributed by atoms with E-state index in [0.29, 0.717) is 12.0 Å². The van der Waals surface area contributed by atoms with Crippen molar-refractivity contribution in [3.63, 3.8) is 0 Å². The molecule has 0 aromatic heterocycles. The van der Waals surface area contributed by atoms with Crippen molar-refractivity contribution in [3.05, 3.63) is 35.1 Å². The van der Waals surface area contributed by atoms with Gasteiger partial charge in [-0.05, 0) is 19.4 Å². The van der Waals surface area contributed by atoms with E-state index in [1.165, 1.54) is 6.07 Å². The van der Waals surface area contributed by atoms with Crippen molar-refractivity contribution < 1.29 is 9.50 Å². The Morgan fingerprint density at radius 3 is 2.71 bits per heavy atom. The summed E-state index contributed by atoms with van der Waals surface area (Å²) in [6.45, 7) is 3.69. The first-order chi connectivity index (χ1) is 6.56. The maximum atomic E-state index is 13.3. The van der Waals surface area contributed by atoms with Crippen molar-refractivity contribution in [2.45, 2.75) is 32.4 Å². The number of hydrogen-bond acceptors (Lipinski definition) is 2. The number of rotatable bonds is 3. The fourth-order valence-electron chi connectivity index (χ4n) is 1.38. The molecule has 2 nitrogen and oxygen atoms in total. The Labute approximate surface area is 83.6 Å². The average Bonchev–Trinajstić information content (AvgIpc) is 2.19. The van der Waals surface area contributed by atoms with Gasteiger partial charge in [-0.25, -0.2) is 4.39 Å². The second kappa shape index (κ2) is 4.53. The van der Waals surface area contributed by atoms with Gasteiger partial charge in [-0.15, -0.1) is 0 Å². The Bertz CT molecular complexity index is 314. The summed E-state index contributed by atoms with van der Waals surface area (Å²) in [6, 6.07) is 4.11. The van der Waals surface area contributed by atoms with Crippen LogP contribution in [0.15, 0.2) is 18.2 Å². The van der Waals surface area contributed by atoms with E-state index in [9.17, 15) is 9.50 Å². The molecule has 2 atom stereocenters. The Morgan fingerprint density at radius 2 is 2.14 bits per heavy atom. The molecule has 1 aromatic rings. The van der Waals surface area contributed by atoms with Gasteiger partial charge in [0.25, 0.3) is 0 Å². The van der Waals surface area contributed by atoms with Crippen LogP contribution in [-0.4, -0.2) is 11.2 Å². The van der Waals surface area contributed by atoms with Crippen molar-refractivity contribution in [1.82, 2.24) is 0 Å². The van der Waals surface area contributed by atoms with Crippen LogP contribution in [0.25, 0.3) is 0 Å². The molecule has 0 spiro atoms. The number of aliphatic hydroxyl groups is 1. The second-order valence-corrected chi connectivity index (χ2v) is 3.53. The highest BCUT2D eigenvalue weighted by molar-refractivity contribution is 5.27.